The fourth-order valence-electron chi connectivity index (χ4n) is 2.95. The van der Waals surface area contributed by atoms with Crippen LogP contribution in [0.3, 0.4) is 0 Å². The molecule has 3 nitrogen and oxygen atoms in total. The topological polar surface area (TPSA) is 37.8 Å². The number of halogens is 1. The first kappa shape index (κ1) is 14.5. The maximum absolute atomic E-state index is 6.22. The lowest BCUT2D eigenvalue weighted by molar-refractivity contribution is 0.531. The smallest absolute Gasteiger partial charge is 0.132 e. The molecule has 0 saturated carbocycles. The molecule has 1 unspecified atom stereocenters. The van der Waals surface area contributed by atoms with E-state index in [4.69, 9.17) is 16.6 Å². The minimum atomic E-state index is 0.386. The van der Waals surface area contributed by atoms with Crippen LogP contribution in [0.25, 0.3) is 0 Å². The molecule has 110 valence electrons. The summed E-state index contributed by atoms with van der Waals surface area (Å²) < 4.78 is 0. The molecule has 1 aliphatic carbocycles. The Bertz CT molecular complexity index is 627. The highest BCUT2D eigenvalue weighted by Gasteiger charge is 2.19. The number of nitrogens with zero attached hydrogens (tertiary/aromatic N) is 2. The third-order valence-corrected chi connectivity index (χ3v) is 4.51. The normalized spacial score (nSPS) is 18.1. The van der Waals surface area contributed by atoms with E-state index in [1.54, 1.807) is 0 Å². The van der Waals surface area contributed by atoms with Crippen LogP contribution in [0.5, 0.6) is 0 Å². The van der Waals surface area contributed by atoms with E-state index in [9.17, 15) is 0 Å². The van der Waals surface area contributed by atoms with Crippen LogP contribution in [0.1, 0.15) is 47.9 Å². The highest BCUT2D eigenvalue weighted by Crippen LogP contribution is 2.27. The van der Waals surface area contributed by atoms with Crippen molar-refractivity contribution in [2.75, 3.05) is 7.05 Å². The Hall–Kier alpha value is -1.45. The van der Waals surface area contributed by atoms with E-state index >= 15 is 0 Å². The molecule has 1 N–H and O–H groups in total. The Morgan fingerprint density at radius 1 is 1.29 bits per heavy atom. The van der Waals surface area contributed by atoms with Crippen molar-refractivity contribution in [3.8, 4) is 0 Å². The Balaban J connectivity index is 1.89. The van der Waals surface area contributed by atoms with Crippen molar-refractivity contribution < 1.29 is 0 Å². The van der Waals surface area contributed by atoms with Gasteiger partial charge in [0.15, 0.2) is 0 Å². The summed E-state index contributed by atoms with van der Waals surface area (Å²) in [5.74, 6) is 0.860. The summed E-state index contributed by atoms with van der Waals surface area (Å²) in [5, 5.41) is 4.16. The van der Waals surface area contributed by atoms with Crippen molar-refractivity contribution in [3.05, 3.63) is 58.1 Å². The molecular formula is C17H20ClN3. The van der Waals surface area contributed by atoms with Crippen LogP contribution >= 0.6 is 11.6 Å². The van der Waals surface area contributed by atoms with Crippen LogP contribution in [0.4, 0.5) is 0 Å². The van der Waals surface area contributed by atoms with Crippen molar-refractivity contribution in [2.45, 2.75) is 38.1 Å². The van der Waals surface area contributed by atoms with Crippen LogP contribution < -0.4 is 5.32 Å². The number of nitrogens with one attached hydrogen (secondary N) is 1. The van der Waals surface area contributed by atoms with Gasteiger partial charge in [0.1, 0.15) is 5.82 Å². The highest BCUT2D eigenvalue weighted by atomic mass is 35.5. The van der Waals surface area contributed by atoms with Crippen LogP contribution in [-0.2, 0) is 12.8 Å². The van der Waals surface area contributed by atoms with E-state index in [0.717, 1.165) is 29.3 Å². The molecule has 0 bridgehead atoms. The summed E-state index contributed by atoms with van der Waals surface area (Å²) >= 11 is 6.22. The molecule has 0 fully saturated rings. The van der Waals surface area contributed by atoms with Crippen LogP contribution in [0.2, 0.25) is 5.02 Å². The molecule has 0 spiro atoms. The highest BCUT2D eigenvalue weighted by molar-refractivity contribution is 6.31. The number of hydrogen-bond acceptors (Lipinski definition) is 3. The predicted octanol–water partition coefficient (Wildman–Crippen LogP) is 3.71. The zero-order valence-electron chi connectivity index (χ0n) is 12.3. The minimum absolute atomic E-state index is 0.386. The third-order valence-electron chi connectivity index (χ3n) is 4.14. The van der Waals surface area contributed by atoms with Crippen LogP contribution in [0.15, 0.2) is 30.5 Å². The first-order valence-electron chi connectivity index (χ1n) is 7.53. The second-order valence-corrected chi connectivity index (χ2v) is 5.95. The molecule has 0 radical (unpaired) electrons. The molecule has 0 amide bonds. The monoisotopic (exact) mass is 301 g/mol. The number of fused-ring (bicyclic) bond motifs is 1. The van der Waals surface area contributed by atoms with Gasteiger partial charge in [0.2, 0.25) is 0 Å². The summed E-state index contributed by atoms with van der Waals surface area (Å²) in [7, 11) is 2.01. The van der Waals surface area contributed by atoms with Gasteiger partial charge < -0.3 is 5.32 Å². The molecule has 2 aromatic rings. The van der Waals surface area contributed by atoms with Gasteiger partial charge in [-0.1, -0.05) is 36.2 Å². The van der Waals surface area contributed by atoms with E-state index in [2.05, 4.69) is 10.3 Å². The largest absolute Gasteiger partial charge is 0.313 e. The average Bonchev–Trinajstić information content (AvgIpc) is 2.71. The molecule has 0 aliphatic heterocycles. The van der Waals surface area contributed by atoms with Crippen molar-refractivity contribution >= 4 is 11.6 Å². The molecule has 1 heterocycles. The first-order valence-corrected chi connectivity index (χ1v) is 7.91. The molecule has 1 aliphatic rings. The Labute approximate surface area is 130 Å². The SMILES string of the molecule is CNC1CCCCc2nc(Cc3ccccc3Cl)ncc21. The van der Waals surface area contributed by atoms with E-state index in [1.165, 1.54) is 24.1 Å². The van der Waals surface area contributed by atoms with Crippen LogP contribution in [0, 0.1) is 0 Å². The van der Waals surface area contributed by atoms with Crippen molar-refractivity contribution in [2.24, 2.45) is 0 Å². The van der Waals surface area contributed by atoms with Crippen molar-refractivity contribution in [3.63, 3.8) is 0 Å². The van der Waals surface area contributed by atoms with Gasteiger partial charge in [-0.2, -0.15) is 0 Å². The maximum Gasteiger partial charge on any atom is 0.132 e. The van der Waals surface area contributed by atoms with E-state index in [-0.39, 0.29) is 0 Å². The molecule has 0 saturated heterocycles. The molecule has 1 aromatic heterocycles. The Morgan fingerprint density at radius 2 is 2.14 bits per heavy atom. The van der Waals surface area contributed by atoms with E-state index in [1.807, 2.05) is 37.5 Å². The zero-order chi connectivity index (χ0) is 14.7. The lowest BCUT2D eigenvalue weighted by Gasteiger charge is -2.16. The summed E-state index contributed by atoms with van der Waals surface area (Å²) in [4.78, 5) is 9.36. The summed E-state index contributed by atoms with van der Waals surface area (Å²) in [5.41, 5.74) is 3.54. The number of aromatic nitrogens is 2. The first-order chi connectivity index (χ1) is 10.3. The second-order valence-electron chi connectivity index (χ2n) is 5.54. The van der Waals surface area contributed by atoms with Gasteiger partial charge in [-0.25, -0.2) is 9.97 Å². The quantitative estimate of drug-likeness (QED) is 0.878. The lowest BCUT2D eigenvalue weighted by Crippen LogP contribution is -2.18. The Morgan fingerprint density at radius 3 is 2.95 bits per heavy atom. The van der Waals surface area contributed by atoms with Crippen LogP contribution in [-0.4, -0.2) is 17.0 Å². The van der Waals surface area contributed by atoms with Gasteiger partial charge in [-0.05, 0) is 37.9 Å². The van der Waals surface area contributed by atoms with Gasteiger partial charge in [0, 0.05) is 34.9 Å². The van der Waals surface area contributed by atoms with Crippen molar-refractivity contribution in [1.82, 2.24) is 15.3 Å². The van der Waals surface area contributed by atoms with Gasteiger partial charge in [-0.3, -0.25) is 0 Å². The molecule has 3 rings (SSSR count). The average molecular weight is 302 g/mol. The van der Waals surface area contributed by atoms with E-state index in [0.29, 0.717) is 12.5 Å². The molecule has 1 atom stereocenters. The predicted molar refractivity (Wildman–Crippen MR) is 85.6 cm³/mol. The summed E-state index contributed by atoms with van der Waals surface area (Å²) in [6, 6.07) is 8.28. The molecule has 21 heavy (non-hydrogen) atoms. The number of benzene rings is 1. The maximum atomic E-state index is 6.22. The summed E-state index contributed by atoms with van der Waals surface area (Å²) in [6.45, 7) is 0. The van der Waals surface area contributed by atoms with Gasteiger partial charge >= 0.3 is 0 Å². The third kappa shape index (κ3) is 3.25. The molecular weight excluding hydrogens is 282 g/mol. The fraction of sp³-hybridized carbons (Fsp3) is 0.412. The zero-order valence-corrected chi connectivity index (χ0v) is 13.0. The molecule has 4 heteroatoms. The number of hydrogen-bond donors (Lipinski definition) is 1. The van der Waals surface area contributed by atoms with E-state index < -0.39 is 0 Å². The number of rotatable bonds is 3. The van der Waals surface area contributed by atoms with Gasteiger partial charge in [0.05, 0.1) is 0 Å². The number of aryl methyl sites for hydroxylation is 1. The second kappa shape index (κ2) is 6.54. The summed E-state index contributed by atoms with van der Waals surface area (Å²) in [6.07, 6.45) is 7.34. The van der Waals surface area contributed by atoms with Gasteiger partial charge in [-0.15, -0.1) is 0 Å². The standard InChI is InChI=1S/C17H20ClN3/c1-19-15-8-4-5-9-16-13(15)11-20-17(21-16)10-12-6-2-3-7-14(12)18/h2-3,6-7,11,15,19H,4-5,8-10H2,1H3. The van der Waals surface area contributed by atoms with Gasteiger partial charge in [0.25, 0.3) is 0 Å². The fourth-order valence-corrected chi connectivity index (χ4v) is 3.16. The van der Waals surface area contributed by atoms with Crippen molar-refractivity contribution in [1.29, 1.82) is 0 Å². The minimum Gasteiger partial charge on any atom is -0.313 e. The lowest BCUT2D eigenvalue weighted by atomic mass is 10.0. The Kier molecular flexibility index (Phi) is 4.51. The molecule has 1 aromatic carbocycles.